The van der Waals surface area contributed by atoms with E-state index in [1.165, 1.54) is 5.56 Å². The van der Waals surface area contributed by atoms with Gasteiger partial charge in [-0.15, -0.1) is 0 Å². The van der Waals surface area contributed by atoms with Crippen molar-refractivity contribution in [3.63, 3.8) is 0 Å². The van der Waals surface area contributed by atoms with Gasteiger partial charge in [-0.25, -0.2) is 0 Å². The third-order valence-electron chi connectivity index (χ3n) is 2.75. The molecular formula is C14H22N2O. The first-order valence-electron chi connectivity index (χ1n) is 6.28. The Morgan fingerprint density at radius 1 is 1.12 bits per heavy atom. The van der Waals surface area contributed by atoms with Crippen molar-refractivity contribution in [3.05, 3.63) is 29.8 Å². The molecule has 0 spiro atoms. The molecule has 1 aliphatic heterocycles. The third kappa shape index (κ3) is 3.72. The molecule has 1 aliphatic rings. The molecule has 1 heterocycles. The second-order valence-corrected chi connectivity index (χ2v) is 5.49. The van der Waals surface area contributed by atoms with E-state index in [-0.39, 0.29) is 5.60 Å². The van der Waals surface area contributed by atoms with Crippen LogP contribution in [0.5, 0.6) is 5.75 Å². The molecule has 0 aromatic heterocycles. The van der Waals surface area contributed by atoms with Gasteiger partial charge >= 0.3 is 0 Å². The van der Waals surface area contributed by atoms with E-state index in [0.29, 0.717) is 6.04 Å². The lowest BCUT2D eigenvalue weighted by atomic mass is 10.1. The smallest absolute Gasteiger partial charge is 0.120 e. The molecule has 2 N–H and O–H groups in total. The van der Waals surface area contributed by atoms with Crippen LogP contribution in [0.15, 0.2) is 24.3 Å². The molecule has 3 heteroatoms. The highest BCUT2D eigenvalue weighted by atomic mass is 16.5. The Morgan fingerprint density at radius 3 is 2.35 bits per heavy atom. The molecule has 0 unspecified atom stereocenters. The second-order valence-electron chi connectivity index (χ2n) is 5.49. The Labute approximate surface area is 104 Å². The Morgan fingerprint density at radius 2 is 1.82 bits per heavy atom. The minimum absolute atomic E-state index is 0.133. The van der Waals surface area contributed by atoms with Gasteiger partial charge in [0.2, 0.25) is 0 Å². The van der Waals surface area contributed by atoms with Gasteiger partial charge in [0.1, 0.15) is 11.4 Å². The van der Waals surface area contributed by atoms with E-state index < -0.39 is 0 Å². The first kappa shape index (κ1) is 12.4. The van der Waals surface area contributed by atoms with E-state index in [4.69, 9.17) is 4.74 Å². The highest BCUT2D eigenvalue weighted by Crippen LogP contribution is 2.21. The maximum absolute atomic E-state index is 5.81. The molecule has 0 aliphatic carbocycles. The van der Waals surface area contributed by atoms with Crippen LogP contribution >= 0.6 is 0 Å². The van der Waals surface area contributed by atoms with E-state index in [1.807, 2.05) is 0 Å². The molecule has 94 valence electrons. The quantitative estimate of drug-likeness (QED) is 0.822. The molecular weight excluding hydrogens is 212 g/mol. The first-order chi connectivity index (χ1) is 8.04. The summed E-state index contributed by atoms with van der Waals surface area (Å²) in [5.74, 6) is 0.935. The summed E-state index contributed by atoms with van der Waals surface area (Å²) in [5.41, 5.74) is 1.19. The highest BCUT2D eigenvalue weighted by molar-refractivity contribution is 5.30. The van der Waals surface area contributed by atoms with Crippen molar-refractivity contribution in [1.29, 1.82) is 0 Å². The average molecular weight is 234 g/mol. The van der Waals surface area contributed by atoms with Gasteiger partial charge in [-0.1, -0.05) is 12.1 Å². The van der Waals surface area contributed by atoms with E-state index in [1.54, 1.807) is 0 Å². The van der Waals surface area contributed by atoms with E-state index in [0.717, 1.165) is 25.4 Å². The Kier molecular flexibility index (Phi) is 3.69. The molecule has 2 rings (SSSR count). The van der Waals surface area contributed by atoms with Crippen LogP contribution < -0.4 is 15.4 Å². The Balaban J connectivity index is 2.02. The van der Waals surface area contributed by atoms with Gasteiger partial charge < -0.3 is 15.4 Å². The number of ether oxygens (including phenoxy) is 1. The number of hydrogen-bond acceptors (Lipinski definition) is 3. The van der Waals surface area contributed by atoms with Crippen LogP contribution in [0.1, 0.15) is 32.4 Å². The van der Waals surface area contributed by atoms with Gasteiger partial charge in [0, 0.05) is 25.7 Å². The van der Waals surface area contributed by atoms with E-state index in [9.17, 15) is 0 Å². The molecule has 3 nitrogen and oxygen atoms in total. The van der Waals surface area contributed by atoms with Crippen LogP contribution in [0, 0.1) is 0 Å². The van der Waals surface area contributed by atoms with Crippen molar-refractivity contribution in [3.8, 4) is 5.75 Å². The summed E-state index contributed by atoms with van der Waals surface area (Å²) in [4.78, 5) is 0. The fourth-order valence-electron chi connectivity index (χ4n) is 2.01. The number of benzene rings is 1. The molecule has 0 bridgehead atoms. The van der Waals surface area contributed by atoms with Gasteiger partial charge in [0.15, 0.2) is 0 Å². The fraction of sp³-hybridized carbons (Fsp3) is 0.571. The van der Waals surface area contributed by atoms with Crippen LogP contribution in [0.4, 0.5) is 0 Å². The van der Waals surface area contributed by atoms with Crippen LogP contribution in [-0.2, 0) is 0 Å². The average Bonchev–Trinajstić information content (AvgIpc) is 2.29. The van der Waals surface area contributed by atoms with Crippen molar-refractivity contribution >= 4 is 0 Å². The number of piperazine rings is 1. The summed E-state index contributed by atoms with van der Waals surface area (Å²) in [6.07, 6.45) is 0. The summed E-state index contributed by atoms with van der Waals surface area (Å²) < 4.78 is 5.81. The molecule has 0 amide bonds. The largest absolute Gasteiger partial charge is 0.488 e. The zero-order chi connectivity index (χ0) is 12.3. The lowest BCUT2D eigenvalue weighted by molar-refractivity contribution is 0.131. The maximum atomic E-state index is 5.81. The topological polar surface area (TPSA) is 33.3 Å². The summed E-state index contributed by atoms with van der Waals surface area (Å²) in [5, 5.41) is 6.89. The second kappa shape index (κ2) is 5.07. The maximum Gasteiger partial charge on any atom is 0.120 e. The van der Waals surface area contributed by atoms with Crippen LogP contribution in [0.2, 0.25) is 0 Å². The van der Waals surface area contributed by atoms with Crippen LogP contribution in [-0.4, -0.2) is 25.2 Å². The minimum atomic E-state index is -0.133. The lowest BCUT2D eigenvalue weighted by Gasteiger charge is -2.25. The van der Waals surface area contributed by atoms with Crippen LogP contribution in [0.3, 0.4) is 0 Å². The van der Waals surface area contributed by atoms with Gasteiger partial charge in [0.25, 0.3) is 0 Å². The van der Waals surface area contributed by atoms with Gasteiger partial charge in [-0.2, -0.15) is 0 Å². The van der Waals surface area contributed by atoms with Gasteiger partial charge in [-0.3, -0.25) is 0 Å². The summed E-state index contributed by atoms with van der Waals surface area (Å²) in [6, 6.07) is 8.82. The monoisotopic (exact) mass is 234 g/mol. The lowest BCUT2D eigenvalue weighted by Crippen LogP contribution is -2.42. The van der Waals surface area contributed by atoms with Gasteiger partial charge in [0.05, 0.1) is 0 Å². The Hall–Kier alpha value is -1.06. The summed E-state index contributed by atoms with van der Waals surface area (Å²) >= 11 is 0. The zero-order valence-corrected chi connectivity index (χ0v) is 10.9. The number of rotatable bonds is 2. The number of hydrogen-bond donors (Lipinski definition) is 2. The predicted molar refractivity (Wildman–Crippen MR) is 70.4 cm³/mol. The van der Waals surface area contributed by atoms with Crippen molar-refractivity contribution in [1.82, 2.24) is 10.6 Å². The molecule has 0 radical (unpaired) electrons. The molecule has 1 saturated heterocycles. The molecule has 0 saturated carbocycles. The van der Waals surface area contributed by atoms with Gasteiger partial charge in [-0.05, 0) is 38.5 Å². The molecule has 17 heavy (non-hydrogen) atoms. The summed E-state index contributed by atoms with van der Waals surface area (Å²) in [6.45, 7) is 9.28. The molecule has 1 aromatic carbocycles. The normalized spacial score (nSPS) is 21.2. The molecule has 1 aromatic rings. The van der Waals surface area contributed by atoms with Crippen molar-refractivity contribution in [2.45, 2.75) is 32.4 Å². The van der Waals surface area contributed by atoms with Crippen molar-refractivity contribution in [2.75, 3.05) is 19.6 Å². The molecule has 1 atom stereocenters. The predicted octanol–water partition coefficient (Wildman–Crippen LogP) is 2.10. The number of nitrogens with one attached hydrogen (secondary N) is 2. The third-order valence-corrected chi connectivity index (χ3v) is 2.75. The Bertz CT molecular complexity index is 347. The summed E-state index contributed by atoms with van der Waals surface area (Å²) in [7, 11) is 0. The highest BCUT2D eigenvalue weighted by Gasteiger charge is 2.15. The molecule has 1 fully saturated rings. The SMILES string of the molecule is CC(C)(C)Oc1ccc([C@H]2CNCCN2)cc1. The van der Waals surface area contributed by atoms with E-state index in [2.05, 4.69) is 55.7 Å². The van der Waals surface area contributed by atoms with E-state index >= 15 is 0 Å². The fourth-order valence-corrected chi connectivity index (χ4v) is 2.01. The van der Waals surface area contributed by atoms with Crippen molar-refractivity contribution in [2.24, 2.45) is 0 Å². The standard InChI is InChI=1S/C14H22N2O/c1-14(2,3)17-12-6-4-11(5-7-12)13-10-15-8-9-16-13/h4-7,13,15-16H,8-10H2,1-3H3/t13-/m1/s1. The van der Waals surface area contributed by atoms with Crippen LogP contribution in [0.25, 0.3) is 0 Å². The minimum Gasteiger partial charge on any atom is -0.488 e. The zero-order valence-electron chi connectivity index (χ0n) is 10.9. The van der Waals surface area contributed by atoms with Crippen molar-refractivity contribution < 1.29 is 4.74 Å². The first-order valence-corrected chi connectivity index (χ1v) is 6.28.